The molecule has 1 aromatic carbocycles. The van der Waals surface area contributed by atoms with Gasteiger partial charge < -0.3 is 20.3 Å². The second kappa shape index (κ2) is 7.96. The van der Waals surface area contributed by atoms with Crippen molar-refractivity contribution < 1.29 is 19.1 Å². The Labute approximate surface area is 135 Å². The molecule has 0 radical (unpaired) electrons. The van der Waals surface area contributed by atoms with Gasteiger partial charge in [0.1, 0.15) is 11.8 Å². The maximum absolute atomic E-state index is 12.3. The molecular weight excluding hydrogens is 294 g/mol. The first-order valence-corrected chi connectivity index (χ1v) is 7.46. The van der Waals surface area contributed by atoms with E-state index < -0.39 is 6.04 Å². The minimum Gasteiger partial charge on any atom is -0.495 e. The number of nitrogens with one attached hydrogen (secondary N) is 1. The molecule has 1 N–H and O–H groups in total. The van der Waals surface area contributed by atoms with Gasteiger partial charge in [-0.3, -0.25) is 4.79 Å². The van der Waals surface area contributed by atoms with Gasteiger partial charge in [-0.25, -0.2) is 0 Å². The molecule has 0 spiro atoms. The van der Waals surface area contributed by atoms with Crippen LogP contribution >= 0.6 is 0 Å². The molecule has 0 bridgehead atoms. The predicted molar refractivity (Wildman–Crippen MR) is 85.7 cm³/mol. The van der Waals surface area contributed by atoms with Gasteiger partial charge in [-0.1, -0.05) is 18.2 Å². The third kappa shape index (κ3) is 4.08. The monoisotopic (exact) mass is 313 g/mol. The molecule has 0 aliphatic heterocycles. The van der Waals surface area contributed by atoms with Gasteiger partial charge in [0, 0.05) is 5.56 Å². The molecule has 0 saturated heterocycles. The van der Waals surface area contributed by atoms with Crippen molar-refractivity contribution in [3.05, 3.63) is 65.1 Å². The molecule has 0 saturated carbocycles. The summed E-state index contributed by atoms with van der Waals surface area (Å²) in [7, 11) is 0. The highest BCUT2D eigenvalue weighted by atomic mass is 16.5. The first kappa shape index (κ1) is 16.5. The number of carbonyl (C=O) groups excluding carboxylic acids is 1. The quantitative estimate of drug-likeness (QED) is 0.646. The molecule has 1 amide bonds. The highest BCUT2D eigenvalue weighted by Gasteiger charge is 2.29. The summed E-state index contributed by atoms with van der Waals surface area (Å²) < 4.78 is 11.0. The number of allylic oxidation sites excluding steroid dienone is 1. The molecule has 23 heavy (non-hydrogen) atoms. The summed E-state index contributed by atoms with van der Waals surface area (Å²) in [6.07, 6.45) is 3.23. The summed E-state index contributed by atoms with van der Waals surface area (Å²) in [6.45, 7) is 4.52. The maximum Gasteiger partial charge on any atom is 0.359 e. The molecule has 0 aromatic heterocycles. The summed E-state index contributed by atoms with van der Waals surface area (Å²) in [4.78, 5) is 15.5. The van der Waals surface area contributed by atoms with Crippen molar-refractivity contribution in [1.29, 1.82) is 0 Å². The van der Waals surface area contributed by atoms with Gasteiger partial charge in [0.05, 0.1) is 19.3 Å². The van der Waals surface area contributed by atoms with Crippen molar-refractivity contribution >= 4 is 11.6 Å². The molecule has 1 unspecified atom stereocenters. The van der Waals surface area contributed by atoms with Crippen molar-refractivity contribution in [3.8, 4) is 0 Å². The largest absolute Gasteiger partial charge is 0.495 e. The Morgan fingerprint density at radius 1 is 1.22 bits per heavy atom. The second-order valence-corrected chi connectivity index (χ2v) is 4.75. The molecule has 1 aromatic rings. The molecule has 6 heteroatoms. The van der Waals surface area contributed by atoms with E-state index in [4.69, 9.17) is 15.0 Å². The lowest BCUT2D eigenvalue weighted by atomic mass is 10.0. The molecule has 1 aliphatic carbocycles. The average Bonchev–Trinajstić information content (AvgIpc) is 2.58. The van der Waals surface area contributed by atoms with Gasteiger partial charge in [0.2, 0.25) is 5.76 Å². The normalized spacial score (nSPS) is 16.8. The van der Waals surface area contributed by atoms with Crippen molar-refractivity contribution in [2.75, 3.05) is 13.2 Å². The molecule has 1 aliphatic rings. The Bertz CT molecular complexity index is 674. The van der Waals surface area contributed by atoms with Crippen LogP contribution in [0.3, 0.4) is 0 Å². The predicted octanol–water partition coefficient (Wildman–Crippen LogP) is 2.31. The minimum atomic E-state index is -0.491. The first-order chi connectivity index (χ1) is 11.2. The van der Waals surface area contributed by atoms with Crippen LogP contribution in [0.4, 0.5) is 0 Å². The minimum absolute atomic E-state index is 0.224. The molecule has 6 nitrogen and oxygen atoms in total. The number of ether oxygens (including phenoxy) is 2. The number of benzene rings is 1. The third-order valence-electron chi connectivity index (χ3n) is 3.20. The number of amides is 1. The van der Waals surface area contributed by atoms with Gasteiger partial charge in [-0.05, 0) is 32.1 Å². The van der Waals surface area contributed by atoms with Crippen molar-refractivity contribution in [3.63, 3.8) is 0 Å². The van der Waals surface area contributed by atoms with E-state index in [0.29, 0.717) is 30.3 Å². The van der Waals surface area contributed by atoms with Gasteiger partial charge in [-0.15, -0.1) is 0 Å². The highest BCUT2D eigenvalue weighted by molar-refractivity contribution is 6.05. The SMILES string of the molecule is CCOC1=CC(NC(=O)c2ccccc2)C(OCC)=CC1=[N+]=[N-]. The van der Waals surface area contributed by atoms with Crippen LogP contribution in [0.25, 0.3) is 5.53 Å². The Morgan fingerprint density at radius 2 is 1.91 bits per heavy atom. The van der Waals surface area contributed by atoms with Crippen LogP contribution in [-0.2, 0) is 9.47 Å². The summed E-state index contributed by atoms with van der Waals surface area (Å²) >= 11 is 0. The van der Waals surface area contributed by atoms with Gasteiger partial charge in [0.25, 0.3) is 5.91 Å². The fourth-order valence-corrected chi connectivity index (χ4v) is 2.20. The van der Waals surface area contributed by atoms with Crippen molar-refractivity contribution in [2.45, 2.75) is 19.9 Å². The Balaban J connectivity index is 2.25. The van der Waals surface area contributed by atoms with Gasteiger partial charge >= 0.3 is 5.71 Å². The summed E-state index contributed by atoms with van der Waals surface area (Å²) in [6, 6.07) is 8.42. The fraction of sp³-hybridized carbons (Fsp3) is 0.294. The maximum atomic E-state index is 12.3. The lowest BCUT2D eigenvalue weighted by Crippen LogP contribution is -2.38. The smallest absolute Gasteiger partial charge is 0.359 e. The zero-order chi connectivity index (χ0) is 16.7. The van der Waals surface area contributed by atoms with E-state index in [9.17, 15) is 4.79 Å². The standard InChI is InChI=1S/C17H19N3O3/c1-3-22-15-11-14(20-18)16(23-4-2)10-13(15)19-17(21)12-8-6-5-7-9-12/h5-11,13H,3-4H2,1-2H3,(H,19,21). The van der Waals surface area contributed by atoms with Gasteiger partial charge in [0.15, 0.2) is 0 Å². The van der Waals surface area contributed by atoms with Gasteiger partial charge in [-0.2, -0.15) is 4.79 Å². The van der Waals surface area contributed by atoms with E-state index in [0.717, 1.165) is 0 Å². The highest BCUT2D eigenvalue weighted by Crippen LogP contribution is 2.18. The van der Waals surface area contributed by atoms with Crippen LogP contribution in [0.1, 0.15) is 24.2 Å². The molecular formula is C17H19N3O3. The Morgan fingerprint density at radius 3 is 2.52 bits per heavy atom. The van der Waals surface area contributed by atoms with Crippen LogP contribution in [-0.4, -0.2) is 35.7 Å². The zero-order valence-electron chi connectivity index (χ0n) is 13.2. The van der Waals surface area contributed by atoms with Crippen LogP contribution in [0, 0.1) is 0 Å². The average molecular weight is 313 g/mol. The Hall–Kier alpha value is -2.85. The zero-order valence-corrected chi connectivity index (χ0v) is 13.2. The number of hydrogen-bond donors (Lipinski definition) is 1. The van der Waals surface area contributed by atoms with Crippen molar-refractivity contribution in [2.24, 2.45) is 0 Å². The van der Waals surface area contributed by atoms with E-state index in [1.165, 1.54) is 0 Å². The third-order valence-corrected chi connectivity index (χ3v) is 3.20. The Kier molecular flexibility index (Phi) is 5.72. The van der Waals surface area contributed by atoms with Crippen LogP contribution in [0.2, 0.25) is 0 Å². The molecule has 0 fully saturated rings. The summed E-state index contributed by atoms with van der Waals surface area (Å²) in [5.74, 6) is 0.669. The first-order valence-electron chi connectivity index (χ1n) is 7.46. The molecule has 1 atom stereocenters. The summed E-state index contributed by atoms with van der Waals surface area (Å²) in [5, 5.41) is 2.88. The molecule has 120 valence electrons. The van der Waals surface area contributed by atoms with Crippen LogP contribution in [0.15, 0.2) is 54.0 Å². The molecule has 2 rings (SSSR count). The van der Waals surface area contributed by atoms with Crippen molar-refractivity contribution in [1.82, 2.24) is 5.32 Å². The number of hydrogen-bond acceptors (Lipinski definition) is 3. The number of rotatable bonds is 6. The van der Waals surface area contributed by atoms with E-state index in [1.54, 1.807) is 36.4 Å². The van der Waals surface area contributed by atoms with E-state index in [1.807, 2.05) is 19.9 Å². The molecule has 0 heterocycles. The van der Waals surface area contributed by atoms with E-state index in [2.05, 4.69) is 10.1 Å². The second-order valence-electron chi connectivity index (χ2n) is 4.75. The number of nitrogens with zero attached hydrogens (tertiary/aromatic N) is 2. The van der Waals surface area contributed by atoms with E-state index in [-0.39, 0.29) is 11.6 Å². The lowest BCUT2D eigenvalue weighted by Gasteiger charge is -2.22. The van der Waals surface area contributed by atoms with Crippen LogP contribution in [0.5, 0.6) is 0 Å². The fourth-order valence-electron chi connectivity index (χ4n) is 2.20. The topological polar surface area (TPSA) is 84.0 Å². The summed E-state index contributed by atoms with van der Waals surface area (Å²) in [5.41, 5.74) is 9.92. The van der Waals surface area contributed by atoms with Crippen LogP contribution < -0.4 is 5.32 Å². The lowest BCUT2D eigenvalue weighted by molar-refractivity contribution is -0.00849. The number of carbonyl (C=O) groups is 1. The van der Waals surface area contributed by atoms with E-state index >= 15 is 0 Å².